The molecule has 1 aromatic rings. The highest BCUT2D eigenvalue weighted by Gasteiger charge is 2.32. The third kappa shape index (κ3) is 2.88. The maximum absolute atomic E-state index is 9.56. The number of benzene rings is 1. The van der Waals surface area contributed by atoms with E-state index in [0.717, 1.165) is 30.8 Å². The Bertz CT molecular complexity index is 401. The Morgan fingerprint density at radius 1 is 1.33 bits per heavy atom. The molecule has 1 fully saturated rings. The van der Waals surface area contributed by atoms with Gasteiger partial charge in [-0.3, -0.25) is 0 Å². The molecule has 1 saturated carbocycles. The van der Waals surface area contributed by atoms with E-state index in [2.05, 4.69) is 5.32 Å². The number of aliphatic hydroxyl groups is 1. The fourth-order valence-corrected chi connectivity index (χ4v) is 2.65. The maximum atomic E-state index is 9.56. The molecule has 0 amide bonds. The van der Waals surface area contributed by atoms with Gasteiger partial charge in [0.2, 0.25) is 0 Å². The van der Waals surface area contributed by atoms with E-state index in [1.165, 1.54) is 12.8 Å². The zero-order valence-corrected chi connectivity index (χ0v) is 10.9. The van der Waals surface area contributed by atoms with Crippen molar-refractivity contribution < 1.29 is 9.84 Å². The molecule has 0 bridgehead atoms. The number of rotatable bonds is 5. The van der Waals surface area contributed by atoms with Crippen LogP contribution in [0.25, 0.3) is 0 Å². The minimum absolute atomic E-state index is 0.0395. The quantitative estimate of drug-likeness (QED) is 0.701. The summed E-state index contributed by atoms with van der Waals surface area (Å²) in [5, 5.41) is 12.9. The van der Waals surface area contributed by atoms with Crippen molar-refractivity contribution in [3.8, 4) is 5.75 Å². The van der Waals surface area contributed by atoms with E-state index < -0.39 is 0 Å². The SMILES string of the molecule is COc1cc(N)cc(NCC2(CO)CCCC2)c1. The minimum atomic E-state index is 0.0395. The highest BCUT2D eigenvalue weighted by molar-refractivity contribution is 5.59. The van der Waals surface area contributed by atoms with Crippen LogP contribution in [0.2, 0.25) is 0 Å². The summed E-state index contributed by atoms with van der Waals surface area (Å²) >= 11 is 0. The third-order valence-corrected chi connectivity index (χ3v) is 3.83. The average Bonchev–Trinajstić information content (AvgIpc) is 2.85. The maximum Gasteiger partial charge on any atom is 0.122 e. The Hall–Kier alpha value is -1.42. The van der Waals surface area contributed by atoms with Gasteiger partial charge >= 0.3 is 0 Å². The Kier molecular flexibility index (Phi) is 3.97. The summed E-state index contributed by atoms with van der Waals surface area (Å²) in [5.74, 6) is 0.752. The number of methoxy groups -OCH3 is 1. The largest absolute Gasteiger partial charge is 0.497 e. The summed E-state index contributed by atoms with van der Waals surface area (Å²) in [6.07, 6.45) is 4.61. The highest BCUT2D eigenvalue weighted by atomic mass is 16.5. The van der Waals surface area contributed by atoms with Gasteiger partial charge in [0.25, 0.3) is 0 Å². The third-order valence-electron chi connectivity index (χ3n) is 3.83. The van der Waals surface area contributed by atoms with E-state index in [9.17, 15) is 5.11 Å². The van der Waals surface area contributed by atoms with Crippen LogP contribution < -0.4 is 15.8 Å². The Balaban J connectivity index is 2.03. The van der Waals surface area contributed by atoms with Crippen molar-refractivity contribution in [3.63, 3.8) is 0 Å². The molecular formula is C14H22N2O2. The van der Waals surface area contributed by atoms with Crippen molar-refractivity contribution in [2.45, 2.75) is 25.7 Å². The van der Waals surface area contributed by atoms with Crippen molar-refractivity contribution in [3.05, 3.63) is 18.2 Å². The predicted molar refractivity (Wildman–Crippen MR) is 73.9 cm³/mol. The molecule has 0 unspecified atom stereocenters. The molecule has 0 heterocycles. The van der Waals surface area contributed by atoms with E-state index in [-0.39, 0.29) is 12.0 Å². The number of hydrogen-bond acceptors (Lipinski definition) is 4. The highest BCUT2D eigenvalue weighted by Crippen LogP contribution is 2.38. The van der Waals surface area contributed by atoms with Gasteiger partial charge < -0.3 is 20.9 Å². The molecule has 4 heteroatoms. The predicted octanol–water partition coefficient (Wildman–Crippen LogP) is 2.24. The lowest BCUT2D eigenvalue weighted by Gasteiger charge is -2.27. The first-order valence-corrected chi connectivity index (χ1v) is 6.47. The van der Waals surface area contributed by atoms with Crippen LogP contribution in [-0.4, -0.2) is 25.4 Å². The number of nitrogens with one attached hydrogen (secondary N) is 1. The number of hydrogen-bond donors (Lipinski definition) is 3. The fourth-order valence-electron chi connectivity index (χ4n) is 2.65. The molecule has 1 aliphatic carbocycles. The van der Waals surface area contributed by atoms with Crippen LogP contribution in [0, 0.1) is 5.41 Å². The van der Waals surface area contributed by atoms with E-state index in [1.807, 2.05) is 12.1 Å². The van der Waals surface area contributed by atoms with Crippen LogP contribution in [0.4, 0.5) is 11.4 Å². The van der Waals surface area contributed by atoms with Gasteiger partial charge in [-0.25, -0.2) is 0 Å². The number of nitrogen functional groups attached to an aromatic ring is 1. The Labute approximate surface area is 108 Å². The Morgan fingerprint density at radius 2 is 2.06 bits per heavy atom. The molecular weight excluding hydrogens is 228 g/mol. The second-order valence-electron chi connectivity index (χ2n) is 5.21. The monoisotopic (exact) mass is 250 g/mol. The summed E-state index contributed by atoms with van der Waals surface area (Å²) in [5.41, 5.74) is 7.49. The standard InChI is InChI=1S/C14H22N2O2/c1-18-13-7-11(15)6-12(8-13)16-9-14(10-17)4-2-3-5-14/h6-8,16-17H,2-5,9-10,15H2,1H3. The summed E-state index contributed by atoms with van der Waals surface area (Å²) in [6.45, 7) is 1.04. The minimum Gasteiger partial charge on any atom is -0.497 e. The zero-order valence-electron chi connectivity index (χ0n) is 10.9. The van der Waals surface area contributed by atoms with Crippen molar-refractivity contribution in [2.75, 3.05) is 31.3 Å². The summed E-state index contributed by atoms with van der Waals surface area (Å²) < 4.78 is 5.19. The molecule has 100 valence electrons. The molecule has 0 aliphatic heterocycles. The summed E-state index contributed by atoms with van der Waals surface area (Å²) in [4.78, 5) is 0. The van der Waals surface area contributed by atoms with Crippen LogP contribution in [0.5, 0.6) is 5.75 Å². The summed E-state index contributed by atoms with van der Waals surface area (Å²) in [6, 6.07) is 5.61. The molecule has 0 radical (unpaired) electrons. The molecule has 0 aromatic heterocycles. The molecule has 0 spiro atoms. The molecule has 2 rings (SSSR count). The normalized spacial score (nSPS) is 17.7. The van der Waals surface area contributed by atoms with Crippen LogP contribution in [0.1, 0.15) is 25.7 Å². The van der Waals surface area contributed by atoms with Gasteiger partial charge in [-0.1, -0.05) is 12.8 Å². The van der Waals surface area contributed by atoms with E-state index in [4.69, 9.17) is 10.5 Å². The second kappa shape index (κ2) is 5.48. The Morgan fingerprint density at radius 3 is 2.67 bits per heavy atom. The van der Waals surface area contributed by atoms with Gasteiger partial charge in [-0.15, -0.1) is 0 Å². The lowest BCUT2D eigenvalue weighted by atomic mass is 9.87. The number of nitrogens with two attached hydrogens (primary N) is 1. The lowest BCUT2D eigenvalue weighted by molar-refractivity contribution is 0.142. The van der Waals surface area contributed by atoms with Crippen LogP contribution in [0.3, 0.4) is 0 Å². The van der Waals surface area contributed by atoms with Crippen LogP contribution >= 0.6 is 0 Å². The number of anilines is 2. The first-order chi connectivity index (χ1) is 8.67. The first-order valence-electron chi connectivity index (χ1n) is 6.47. The van der Waals surface area contributed by atoms with Crippen LogP contribution in [-0.2, 0) is 0 Å². The summed E-state index contributed by atoms with van der Waals surface area (Å²) in [7, 11) is 1.63. The van der Waals surface area contributed by atoms with Crippen molar-refractivity contribution in [2.24, 2.45) is 5.41 Å². The van der Waals surface area contributed by atoms with Crippen molar-refractivity contribution in [1.82, 2.24) is 0 Å². The van der Waals surface area contributed by atoms with Gasteiger partial charge in [0, 0.05) is 35.5 Å². The van der Waals surface area contributed by atoms with Gasteiger partial charge in [-0.2, -0.15) is 0 Å². The molecule has 0 atom stereocenters. The second-order valence-corrected chi connectivity index (χ2v) is 5.21. The van der Waals surface area contributed by atoms with Crippen molar-refractivity contribution in [1.29, 1.82) is 0 Å². The van der Waals surface area contributed by atoms with E-state index in [0.29, 0.717) is 5.69 Å². The topological polar surface area (TPSA) is 67.5 Å². The molecule has 18 heavy (non-hydrogen) atoms. The zero-order chi connectivity index (χ0) is 13.0. The van der Waals surface area contributed by atoms with E-state index in [1.54, 1.807) is 13.2 Å². The smallest absolute Gasteiger partial charge is 0.122 e. The van der Waals surface area contributed by atoms with Gasteiger partial charge in [0.05, 0.1) is 13.7 Å². The van der Waals surface area contributed by atoms with Crippen molar-refractivity contribution >= 4 is 11.4 Å². The van der Waals surface area contributed by atoms with Gasteiger partial charge in [-0.05, 0) is 18.9 Å². The fraction of sp³-hybridized carbons (Fsp3) is 0.571. The van der Waals surface area contributed by atoms with E-state index >= 15 is 0 Å². The molecule has 4 nitrogen and oxygen atoms in total. The molecule has 1 aromatic carbocycles. The number of aliphatic hydroxyl groups excluding tert-OH is 1. The molecule has 0 saturated heterocycles. The first kappa shape index (κ1) is 13.0. The van der Waals surface area contributed by atoms with Crippen LogP contribution in [0.15, 0.2) is 18.2 Å². The van der Waals surface area contributed by atoms with Gasteiger partial charge in [0.1, 0.15) is 5.75 Å². The van der Waals surface area contributed by atoms with Gasteiger partial charge in [0.15, 0.2) is 0 Å². The molecule has 4 N–H and O–H groups in total. The average molecular weight is 250 g/mol. The lowest BCUT2D eigenvalue weighted by Crippen LogP contribution is -2.30. The number of ether oxygens (including phenoxy) is 1. The molecule has 1 aliphatic rings.